The zero-order chi connectivity index (χ0) is 47.2. The number of aromatic nitrogens is 6. The lowest BCUT2D eigenvalue weighted by atomic mass is 10.2. The van der Waals surface area contributed by atoms with Crippen LogP contribution < -0.4 is 26.0 Å². The highest BCUT2D eigenvalue weighted by molar-refractivity contribution is 7.91. The van der Waals surface area contributed by atoms with Crippen molar-refractivity contribution >= 4 is 71.9 Å². The molecule has 0 atom stereocenters. The standard InChI is InChI=1S/C21H23N7O9S2.C12H13N5O6S2/c1-3-37-17(30)12-26(16(29)11-27-10-13(2)18(31)23-20(27)32)9-8-22-39(35,36)21-25-24-19(38-21)14-6-4-5-7-15(14)28(33)34;18-10(19)7-13-5-6-14-25(22,23)12-16-15-11(24-12)8-3-1-2-4-9(8)17(20)21/h4-7,10,22H,3,8-9,11-12H2,1-2H3,(H,23,31,32);1-4,13-14H,5-7H2,(H,18,19). The first-order valence-corrected chi connectivity index (χ1v) is 22.6. The Morgan fingerprint density at radius 1 is 0.844 bits per heavy atom. The second-order valence-electron chi connectivity index (χ2n) is 12.5. The average Bonchev–Trinajstić information content (AvgIpc) is 3.95. The zero-order valence-electron chi connectivity index (χ0n) is 33.2. The molecular weight excluding hydrogens is 933 g/mol. The van der Waals surface area contributed by atoms with E-state index >= 15 is 0 Å². The third-order valence-corrected chi connectivity index (χ3v) is 13.5. The zero-order valence-corrected chi connectivity index (χ0v) is 36.5. The molecular formula is C33H36N12O15S4. The number of rotatable bonds is 21. The van der Waals surface area contributed by atoms with Gasteiger partial charge in [-0.3, -0.25) is 49.0 Å². The van der Waals surface area contributed by atoms with Crippen LogP contribution in [0.5, 0.6) is 0 Å². The van der Waals surface area contributed by atoms with Gasteiger partial charge in [0.1, 0.15) is 13.1 Å². The largest absolute Gasteiger partial charge is 0.480 e. The number of sulfonamides is 2. The Labute approximate surface area is 368 Å². The second-order valence-corrected chi connectivity index (χ2v) is 18.3. The second kappa shape index (κ2) is 22.5. The number of hydrogen-bond donors (Lipinski definition) is 5. The molecule has 0 saturated heterocycles. The van der Waals surface area contributed by atoms with Crippen LogP contribution in [0.15, 0.2) is 73.0 Å². The van der Waals surface area contributed by atoms with Crippen LogP contribution in [0.3, 0.4) is 0 Å². The fraction of sp³-hybridized carbons (Fsp3) is 0.303. The lowest BCUT2D eigenvalue weighted by molar-refractivity contribution is -0.384. The summed E-state index contributed by atoms with van der Waals surface area (Å²) < 4.78 is 59.3. The summed E-state index contributed by atoms with van der Waals surface area (Å²) >= 11 is 1.32. The highest BCUT2D eigenvalue weighted by Crippen LogP contribution is 2.34. The van der Waals surface area contributed by atoms with E-state index in [1.54, 1.807) is 13.0 Å². The molecule has 0 fully saturated rings. The van der Waals surface area contributed by atoms with E-state index in [0.717, 1.165) is 9.47 Å². The van der Waals surface area contributed by atoms with Crippen molar-refractivity contribution in [2.45, 2.75) is 29.1 Å². The number of carboxylic acids is 1. The molecule has 0 saturated carbocycles. The van der Waals surface area contributed by atoms with Gasteiger partial charge in [0.15, 0.2) is 10.0 Å². The number of aliphatic carboxylic acids is 1. The number of nitrogens with zero attached hydrogens (tertiary/aromatic N) is 8. The van der Waals surface area contributed by atoms with E-state index in [1.165, 1.54) is 55.6 Å². The summed E-state index contributed by atoms with van der Waals surface area (Å²) in [5.74, 6) is -2.52. The number of carboxylic acid groups (broad SMARTS) is 1. The minimum Gasteiger partial charge on any atom is -0.480 e. The van der Waals surface area contributed by atoms with Crippen LogP contribution in [0.4, 0.5) is 11.4 Å². The molecule has 31 heteroatoms. The molecule has 0 aliphatic heterocycles. The van der Waals surface area contributed by atoms with Crippen molar-refractivity contribution in [1.29, 1.82) is 0 Å². The molecule has 5 aromatic rings. The Morgan fingerprint density at radius 2 is 1.36 bits per heavy atom. The summed E-state index contributed by atoms with van der Waals surface area (Å²) in [6, 6.07) is 11.5. The van der Waals surface area contributed by atoms with Gasteiger partial charge in [0.05, 0.1) is 34.1 Å². The Bertz CT molecular complexity index is 2860. The van der Waals surface area contributed by atoms with Gasteiger partial charge in [-0.2, -0.15) is 0 Å². The van der Waals surface area contributed by atoms with Crippen molar-refractivity contribution in [3.8, 4) is 21.1 Å². The number of aromatic amines is 1. The number of benzene rings is 2. The Hall–Kier alpha value is -6.77. The van der Waals surface area contributed by atoms with Gasteiger partial charge in [0.2, 0.25) is 14.6 Å². The molecule has 27 nitrogen and oxygen atoms in total. The van der Waals surface area contributed by atoms with Crippen molar-refractivity contribution in [2.24, 2.45) is 0 Å². The summed E-state index contributed by atoms with van der Waals surface area (Å²) in [5.41, 5.74) is -1.45. The van der Waals surface area contributed by atoms with E-state index in [4.69, 9.17) is 9.84 Å². The fourth-order valence-corrected chi connectivity index (χ4v) is 9.23. The molecule has 0 unspecified atom stereocenters. The maximum Gasteiger partial charge on any atom is 0.328 e. The van der Waals surface area contributed by atoms with Crippen LogP contribution in [0, 0.1) is 27.2 Å². The predicted molar refractivity (Wildman–Crippen MR) is 224 cm³/mol. The number of amides is 1. The lowest BCUT2D eigenvalue weighted by Crippen LogP contribution is -2.44. The van der Waals surface area contributed by atoms with Crippen molar-refractivity contribution in [2.75, 3.05) is 45.9 Å². The minimum absolute atomic E-state index is 0.0171. The van der Waals surface area contributed by atoms with Gasteiger partial charge in [-0.15, -0.1) is 20.4 Å². The van der Waals surface area contributed by atoms with Crippen LogP contribution in [0.25, 0.3) is 21.1 Å². The van der Waals surface area contributed by atoms with Gasteiger partial charge >= 0.3 is 17.6 Å². The van der Waals surface area contributed by atoms with Gasteiger partial charge < -0.3 is 20.1 Å². The minimum atomic E-state index is -4.24. The molecule has 342 valence electrons. The van der Waals surface area contributed by atoms with Crippen LogP contribution >= 0.6 is 22.7 Å². The van der Waals surface area contributed by atoms with Crippen molar-refractivity contribution in [3.63, 3.8) is 0 Å². The molecule has 3 heterocycles. The van der Waals surface area contributed by atoms with Crippen LogP contribution in [-0.2, 0) is 45.7 Å². The Morgan fingerprint density at radius 3 is 1.86 bits per heavy atom. The molecule has 0 bridgehead atoms. The number of nitrogens with one attached hydrogen (secondary N) is 4. The average molecular weight is 969 g/mol. The lowest BCUT2D eigenvalue weighted by Gasteiger charge is -2.22. The maximum atomic E-state index is 12.9. The summed E-state index contributed by atoms with van der Waals surface area (Å²) in [4.78, 5) is 83.0. The molecule has 0 spiro atoms. The van der Waals surface area contributed by atoms with Crippen LogP contribution in [0.1, 0.15) is 12.5 Å². The molecule has 64 heavy (non-hydrogen) atoms. The van der Waals surface area contributed by atoms with Gasteiger partial charge in [-0.1, -0.05) is 46.9 Å². The number of para-hydroxylation sites is 2. The van der Waals surface area contributed by atoms with Crippen molar-refractivity contribution in [3.05, 3.63) is 101 Å². The summed E-state index contributed by atoms with van der Waals surface area (Å²) in [5, 5.41) is 48.1. The number of nitro benzene ring substituents is 2. The van der Waals surface area contributed by atoms with Crippen molar-refractivity contribution < 1.29 is 50.9 Å². The highest BCUT2D eigenvalue weighted by atomic mass is 32.3. The van der Waals surface area contributed by atoms with Gasteiger partial charge in [0, 0.05) is 50.1 Å². The number of aryl methyl sites for hydroxylation is 1. The molecule has 5 rings (SSSR count). The van der Waals surface area contributed by atoms with E-state index in [1.807, 2.05) is 0 Å². The smallest absolute Gasteiger partial charge is 0.328 e. The number of carbonyl (C=O) groups is 3. The number of esters is 1. The first-order chi connectivity index (χ1) is 30.2. The van der Waals surface area contributed by atoms with Gasteiger partial charge in [0.25, 0.3) is 37.0 Å². The normalized spacial score (nSPS) is 11.3. The number of hydrogen-bond acceptors (Lipinski definition) is 21. The number of H-pyrrole nitrogens is 1. The Balaban J connectivity index is 0.000000309. The van der Waals surface area contributed by atoms with E-state index in [0.29, 0.717) is 22.7 Å². The molecule has 0 radical (unpaired) electrons. The number of nitro groups is 2. The van der Waals surface area contributed by atoms with Crippen molar-refractivity contribution in [1.82, 2.24) is 49.6 Å². The molecule has 3 aromatic heterocycles. The van der Waals surface area contributed by atoms with E-state index in [9.17, 15) is 61.0 Å². The van der Waals surface area contributed by atoms with E-state index in [2.05, 4.69) is 40.1 Å². The monoisotopic (exact) mass is 968 g/mol. The molecule has 0 aliphatic rings. The Kier molecular flexibility index (Phi) is 17.6. The molecule has 2 aromatic carbocycles. The first kappa shape index (κ1) is 49.9. The highest BCUT2D eigenvalue weighted by Gasteiger charge is 2.26. The summed E-state index contributed by atoms with van der Waals surface area (Å²) in [6.45, 7) is 1.15. The fourth-order valence-electron chi connectivity index (χ4n) is 5.03. The van der Waals surface area contributed by atoms with Crippen LogP contribution in [-0.4, -0.2) is 130 Å². The topological polar surface area (TPSA) is 381 Å². The third kappa shape index (κ3) is 13.9. The summed E-state index contributed by atoms with van der Waals surface area (Å²) in [6.07, 6.45) is 1.19. The van der Waals surface area contributed by atoms with E-state index in [-0.39, 0.29) is 81.8 Å². The first-order valence-electron chi connectivity index (χ1n) is 18.0. The van der Waals surface area contributed by atoms with Crippen LogP contribution in [0.2, 0.25) is 0 Å². The number of ether oxygens (including phenoxy) is 1. The SMILES string of the molecule is CCOC(=O)CN(CCNS(=O)(=O)c1nnc(-c2ccccc2[N+](=O)[O-])s1)C(=O)Cn1cc(C)c(=O)[nH]c1=O.O=C(O)CNCCNS(=O)(=O)c1nnc(-c2ccccc2[N+](=O)[O-])s1. The maximum absolute atomic E-state index is 12.9. The molecule has 1 amide bonds. The van der Waals surface area contributed by atoms with E-state index < -0.39 is 76.4 Å². The number of carbonyl (C=O) groups excluding carboxylic acids is 2. The third-order valence-electron chi connectivity index (χ3n) is 7.95. The van der Waals surface area contributed by atoms with Gasteiger partial charge in [-0.25, -0.2) is 31.1 Å². The quantitative estimate of drug-likeness (QED) is 0.0273. The van der Waals surface area contributed by atoms with Gasteiger partial charge in [-0.05, 0) is 26.0 Å². The summed E-state index contributed by atoms with van der Waals surface area (Å²) in [7, 11) is -8.18. The molecule has 0 aliphatic carbocycles. The molecule has 5 N–H and O–H groups in total. The predicted octanol–water partition coefficient (Wildman–Crippen LogP) is -0.292.